The minimum absolute atomic E-state index is 0.199. The second-order valence-electron chi connectivity index (χ2n) is 7.16. The molecule has 0 aliphatic heterocycles. The number of hydrogen-bond acceptors (Lipinski definition) is 8. The number of carbonyl (C=O) groups is 3. The molecule has 3 rings (SSSR count). The predicted molar refractivity (Wildman–Crippen MR) is 119 cm³/mol. The summed E-state index contributed by atoms with van der Waals surface area (Å²) in [4.78, 5) is 59.9. The number of aromatic nitrogens is 2. The average molecular weight is 451 g/mol. The molecule has 0 spiro atoms. The Balaban J connectivity index is 1.69. The number of anilines is 1. The van der Waals surface area contributed by atoms with E-state index in [1.165, 1.54) is 33.2 Å². The zero-order valence-electron chi connectivity index (χ0n) is 18.2. The summed E-state index contributed by atoms with van der Waals surface area (Å²) < 4.78 is 11.7. The van der Waals surface area contributed by atoms with E-state index in [0.717, 1.165) is 20.3 Å². The van der Waals surface area contributed by atoms with Crippen molar-refractivity contribution in [3.8, 4) is 16.9 Å². The number of Topliss-reactive ketones (excluding diaryl/α,β-unsaturated/α-hetero) is 1. The van der Waals surface area contributed by atoms with Crippen LogP contribution in [0.2, 0.25) is 0 Å². The van der Waals surface area contributed by atoms with Crippen LogP contribution in [-0.4, -0.2) is 33.5 Å². The Morgan fingerprint density at radius 1 is 0.879 bits per heavy atom. The second kappa shape index (κ2) is 9.35. The number of ether oxygens (including phenoxy) is 2. The van der Waals surface area contributed by atoms with Crippen LogP contribution in [0.1, 0.15) is 27.6 Å². The van der Waals surface area contributed by atoms with Crippen LogP contribution in [0.5, 0.6) is 5.75 Å². The van der Waals surface area contributed by atoms with Crippen LogP contribution in [0.4, 0.5) is 5.82 Å². The van der Waals surface area contributed by atoms with E-state index in [4.69, 9.17) is 15.2 Å². The Kier molecular flexibility index (Phi) is 6.57. The topological polar surface area (TPSA) is 140 Å². The highest BCUT2D eigenvalue weighted by Crippen LogP contribution is 2.23. The molecule has 0 aliphatic carbocycles. The van der Waals surface area contributed by atoms with Gasteiger partial charge in [-0.25, -0.2) is 9.59 Å². The van der Waals surface area contributed by atoms with Gasteiger partial charge in [-0.1, -0.05) is 24.3 Å². The molecule has 0 radical (unpaired) electrons. The molecule has 0 bridgehead atoms. The van der Waals surface area contributed by atoms with Gasteiger partial charge in [0.25, 0.3) is 5.56 Å². The first kappa shape index (κ1) is 23.2. The smallest absolute Gasteiger partial charge is 0.338 e. The minimum Gasteiger partial charge on any atom is -0.454 e. The Morgan fingerprint density at radius 2 is 1.42 bits per heavy atom. The summed E-state index contributed by atoms with van der Waals surface area (Å²) in [6.45, 7) is 0.603. The molecule has 0 unspecified atom stereocenters. The Hall–Kier alpha value is -4.47. The Bertz CT molecular complexity index is 1350. The summed E-state index contributed by atoms with van der Waals surface area (Å²) in [5, 5.41) is 0. The lowest BCUT2D eigenvalue weighted by Gasteiger charge is -2.11. The largest absolute Gasteiger partial charge is 0.454 e. The number of benzene rings is 2. The average Bonchev–Trinajstić information content (AvgIpc) is 2.80. The van der Waals surface area contributed by atoms with Crippen LogP contribution < -0.4 is 21.7 Å². The molecule has 33 heavy (non-hydrogen) atoms. The number of rotatable bonds is 6. The maximum atomic E-state index is 12.5. The number of nitrogen functional groups attached to an aromatic ring is 1. The number of carbonyl (C=O) groups excluding carboxylic acids is 3. The highest BCUT2D eigenvalue weighted by Gasteiger charge is 2.21. The fourth-order valence-electron chi connectivity index (χ4n) is 3.09. The van der Waals surface area contributed by atoms with Gasteiger partial charge < -0.3 is 15.2 Å². The molecule has 0 saturated carbocycles. The molecule has 2 N–H and O–H groups in total. The van der Waals surface area contributed by atoms with Gasteiger partial charge in [0.15, 0.2) is 6.61 Å². The fraction of sp³-hybridized carbons (Fsp3) is 0.174. The molecule has 0 aliphatic rings. The first-order chi connectivity index (χ1) is 15.6. The summed E-state index contributed by atoms with van der Waals surface area (Å²) in [6.07, 6.45) is 0. The zero-order valence-corrected chi connectivity index (χ0v) is 18.2. The second-order valence-corrected chi connectivity index (χ2v) is 7.16. The number of nitrogens with two attached hydrogens (primary N) is 1. The van der Waals surface area contributed by atoms with E-state index in [0.29, 0.717) is 5.75 Å². The van der Waals surface area contributed by atoms with E-state index in [9.17, 15) is 24.0 Å². The lowest BCUT2D eigenvalue weighted by molar-refractivity contribution is -0.131. The zero-order chi connectivity index (χ0) is 24.3. The van der Waals surface area contributed by atoms with Gasteiger partial charge in [0, 0.05) is 21.0 Å². The molecule has 0 atom stereocenters. The van der Waals surface area contributed by atoms with E-state index in [2.05, 4.69) is 0 Å². The van der Waals surface area contributed by atoms with Crippen molar-refractivity contribution < 1.29 is 23.9 Å². The Labute approximate surface area is 187 Å². The SMILES string of the molecule is CC(=O)Oc1ccc(-c2ccc(C(=O)OCC(=O)c3c(N)n(C)c(=O)n(C)c3=O)cc2)cc1. The van der Waals surface area contributed by atoms with Gasteiger partial charge in [0.2, 0.25) is 5.78 Å². The fourth-order valence-corrected chi connectivity index (χ4v) is 3.09. The van der Waals surface area contributed by atoms with Crippen molar-refractivity contribution in [2.45, 2.75) is 6.92 Å². The van der Waals surface area contributed by atoms with Gasteiger partial charge in [-0.05, 0) is 35.4 Å². The van der Waals surface area contributed by atoms with Crippen molar-refractivity contribution in [3.63, 3.8) is 0 Å². The maximum absolute atomic E-state index is 12.5. The molecular weight excluding hydrogens is 430 g/mol. The summed E-state index contributed by atoms with van der Waals surface area (Å²) in [7, 11) is 2.55. The van der Waals surface area contributed by atoms with E-state index in [1.54, 1.807) is 36.4 Å². The van der Waals surface area contributed by atoms with Gasteiger partial charge in [0.05, 0.1) is 5.56 Å². The molecule has 170 valence electrons. The van der Waals surface area contributed by atoms with Crippen molar-refractivity contribution in [2.24, 2.45) is 14.1 Å². The van der Waals surface area contributed by atoms with Gasteiger partial charge in [-0.15, -0.1) is 0 Å². The van der Waals surface area contributed by atoms with Crippen LogP contribution in [0.3, 0.4) is 0 Å². The van der Waals surface area contributed by atoms with Crippen molar-refractivity contribution in [1.82, 2.24) is 9.13 Å². The highest BCUT2D eigenvalue weighted by atomic mass is 16.5. The number of hydrogen-bond donors (Lipinski definition) is 1. The Morgan fingerprint density at radius 3 is 1.97 bits per heavy atom. The number of nitrogens with zero attached hydrogens (tertiary/aromatic N) is 2. The molecule has 0 amide bonds. The first-order valence-corrected chi connectivity index (χ1v) is 9.75. The van der Waals surface area contributed by atoms with E-state index in [1.807, 2.05) is 0 Å². The maximum Gasteiger partial charge on any atom is 0.338 e. The normalized spacial score (nSPS) is 10.5. The standard InChI is InChI=1S/C23H21N3O7/c1-13(27)33-17-10-8-15(9-11-17)14-4-6-16(7-5-14)22(30)32-12-18(28)19-20(24)25(2)23(31)26(3)21(19)29/h4-11H,12,24H2,1-3H3. The first-order valence-electron chi connectivity index (χ1n) is 9.75. The molecule has 0 saturated heterocycles. The summed E-state index contributed by atoms with van der Waals surface area (Å²) in [5.74, 6) is -1.87. The van der Waals surface area contributed by atoms with Gasteiger partial charge in [0.1, 0.15) is 17.1 Å². The van der Waals surface area contributed by atoms with E-state index >= 15 is 0 Å². The van der Waals surface area contributed by atoms with Crippen molar-refractivity contribution in [1.29, 1.82) is 0 Å². The van der Waals surface area contributed by atoms with Crippen LogP contribution in [0.15, 0.2) is 58.1 Å². The molecular formula is C23H21N3O7. The number of esters is 2. The van der Waals surface area contributed by atoms with Crippen LogP contribution >= 0.6 is 0 Å². The lowest BCUT2D eigenvalue weighted by atomic mass is 10.0. The molecule has 10 heteroatoms. The lowest BCUT2D eigenvalue weighted by Crippen LogP contribution is -2.42. The third-order valence-electron chi connectivity index (χ3n) is 4.89. The van der Waals surface area contributed by atoms with E-state index < -0.39 is 41.1 Å². The predicted octanol–water partition coefficient (Wildman–Crippen LogP) is 1.30. The van der Waals surface area contributed by atoms with Crippen molar-refractivity contribution in [2.75, 3.05) is 12.3 Å². The van der Waals surface area contributed by atoms with Crippen molar-refractivity contribution >= 4 is 23.5 Å². The molecule has 1 heterocycles. The summed E-state index contributed by atoms with van der Waals surface area (Å²) in [5.41, 5.74) is 5.63. The van der Waals surface area contributed by atoms with Gasteiger partial charge in [-0.2, -0.15) is 0 Å². The molecule has 1 aromatic heterocycles. The third-order valence-corrected chi connectivity index (χ3v) is 4.89. The van der Waals surface area contributed by atoms with Gasteiger partial charge in [-0.3, -0.25) is 23.5 Å². The molecule has 2 aromatic carbocycles. The monoisotopic (exact) mass is 451 g/mol. The van der Waals surface area contributed by atoms with Crippen molar-refractivity contribution in [3.05, 3.63) is 80.5 Å². The van der Waals surface area contributed by atoms with Gasteiger partial charge >= 0.3 is 17.6 Å². The number of ketones is 1. The van der Waals surface area contributed by atoms with Crippen LogP contribution in [0.25, 0.3) is 11.1 Å². The molecule has 10 nitrogen and oxygen atoms in total. The highest BCUT2D eigenvalue weighted by molar-refractivity contribution is 6.02. The molecule has 0 fully saturated rings. The minimum atomic E-state index is -0.860. The van der Waals surface area contributed by atoms with E-state index in [-0.39, 0.29) is 11.4 Å². The third kappa shape index (κ3) is 4.90. The van der Waals surface area contributed by atoms with Crippen LogP contribution in [0, 0.1) is 0 Å². The molecule has 3 aromatic rings. The summed E-state index contributed by atoms with van der Waals surface area (Å²) >= 11 is 0. The quantitative estimate of drug-likeness (QED) is 0.336. The van der Waals surface area contributed by atoms with Crippen LogP contribution in [-0.2, 0) is 23.6 Å². The summed E-state index contributed by atoms with van der Waals surface area (Å²) in [6, 6.07) is 13.3.